The highest BCUT2D eigenvalue weighted by Gasteiger charge is 2.06. The third kappa shape index (κ3) is 14.5. The van der Waals surface area contributed by atoms with Crippen molar-refractivity contribution in [3.05, 3.63) is 80.3 Å². The Kier molecular flexibility index (Phi) is 17.2. The molecule has 11 heteroatoms. The van der Waals surface area contributed by atoms with Crippen LogP contribution in [0.2, 0.25) is 0 Å². The summed E-state index contributed by atoms with van der Waals surface area (Å²) in [5, 5.41) is 10.4. The minimum absolute atomic E-state index is 0.649. The molecule has 0 aliphatic carbocycles. The van der Waals surface area contributed by atoms with E-state index in [4.69, 9.17) is 20.7 Å². The fraction of sp³-hybridized carbons (Fsp3) is 0.484. The lowest BCUT2D eigenvalue weighted by atomic mass is 10.1. The van der Waals surface area contributed by atoms with Crippen LogP contribution in [0.3, 0.4) is 0 Å². The number of likely N-dealkylation sites (N-methyl/N-ethyl adjacent to an activating group) is 2. The Morgan fingerprint density at radius 2 is 1.43 bits per heavy atom. The normalized spacial score (nSPS) is 12.1. The zero-order chi connectivity index (χ0) is 30.7. The second-order valence-corrected chi connectivity index (χ2v) is 12.2. The van der Waals surface area contributed by atoms with Crippen LogP contribution in [-0.2, 0) is 12.8 Å². The van der Waals surface area contributed by atoms with Gasteiger partial charge in [-0.2, -0.15) is 5.11 Å². The molecular formula is C31H47Br2N7O2. The van der Waals surface area contributed by atoms with Crippen molar-refractivity contribution in [1.29, 1.82) is 5.53 Å². The Hall–Kier alpha value is -2.60. The van der Waals surface area contributed by atoms with E-state index in [2.05, 4.69) is 81.7 Å². The topological polar surface area (TPSA) is 111 Å². The van der Waals surface area contributed by atoms with Crippen molar-refractivity contribution in [3.8, 4) is 11.5 Å². The Balaban J connectivity index is 1.68. The van der Waals surface area contributed by atoms with Crippen molar-refractivity contribution in [2.24, 2.45) is 10.8 Å². The Morgan fingerprint density at radius 1 is 0.881 bits per heavy atom. The van der Waals surface area contributed by atoms with E-state index in [9.17, 15) is 0 Å². The molecule has 2 rings (SSSR count). The molecule has 0 radical (unpaired) electrons. The number of hydrogen-bond acceptors (Lipinski definition) is 9. The first-order chi connectivity index (χ1) is 20.2. The van der Waals surface area contributed by atoms with Gasteiger partial charge in [0.15, 0.2) is 0 Å². The summed E-state index contributed by atoms with van der Waals surface area (Å²) in [6.07, 6.45) is 7.53. The average Bonchev–Trinajstić information content (AvgIpc) is 2.95. The number of halogens is 2. The molecule has 0 unspecified atom stereocenters. The third-order valence-corrected chi connectivity index (χ3v) is 7.64. The molecule has 42 heavy (non-hydrogen) atoms. The van der Waals surface area contributed by atoms with Crippen LogP contribution in [0, 0.1) is 5.53 Å². The van der Waals surface area contributed by atoms with E-state index < -0.39 is 0 Å². The van der Waals surface area contributed by atoms with Gasteiger partial charge in [-0.15, -0.1) is 0 Å². The lowest BCUT2D eigenvalue weighted by molar-refractivity contribution is 0.260. The number of benzene rings is 2. The van der Waals surface area contributed by atoms with E-state index in [0.29, 0.717) is 19.6 Å². The highest BCUT2D eigenvalue weighted by atomic mass is 79.9. The lowest BCUT2D eigenvalue weighted by Crippen LogP contribution is -2.19. The first-order valence-electron chi connectivity index (χ1n) is 14.3. The summed E-state index contributed by atoms with van der Waals surface area (Å²) in [5.74, 6) is 1.71. The van der Waals surface area contributed by atoms with Gasteiger partial charge in [-0.3, -0.25) is 0 Å². The quantitative estimate of drug-likeness (QED) is 0.0945. The fourth-order valence-corrected chi connectivity index (χ4v) is 5.02. The van der Waals surface area contributed by atoms with Crippen LogP contribution in [-0.4, -0.2) is 77.4 Å². The van der Waals surface area contributed by atoms with Crippen LogP contribution in [0.1, 0.15) is 30.4 Å². The number of allylic oxidation sites excluding steroid dienone is 2. The van der Waals surface area contributed by atoms with Crippen molar-refractivity contribution in [2.75, 3.05) is 67.6 Å². The van der Waals surface area contributed by atoms with Crippen LogP contribution in [0.25, 0.3) is 0 Å². The standard InChI is InChI=1S/C31H47Br2N7O2/c1-39(2)16-18-41-30-10-8-24(20-28(30)32)12-14-36-23-27(38-35)7-5-6-26(22-34)37-15-13-25-9-11-31(29(33)21-25)42-19-17-40(3)4/h8-11,20-23,35-37H,5-7,12-19,34H2,1-4H3/b26-22-,27-23-,38-35?. The van der Waals surface area contributed by atoms with Gasteiger partial charge in [-0.1, -0.05) is 12.1 Å². The zero-order valence-corrected chi connectivity index (χ0v) is 28.6. The number of hydrogen-bond donors (Lipinski definition) is 4. The first-order valence-corrected chi connectivity index (χ1v) is 15.9. The molecule has 0 bridgehead atoms. The highest BCUT2D eigenvalue weighted by Crippen LogP contribution is 2.27. The molecule has 0 saturated carbocycles. The molecule has 0 aromatic heterocycles. The van der Waals surface area contributed by atoms with Crippen LogP contribution < -0.4 is 25.8 Å². The average molecular weight is 710 g/mol. The molecule has 9 nitrogen and oxygen atoms in total. The van der Waals surface area contributed by atoms with Crippen molar-refractivity contribution in [3.63, 3.8) is 0 Å². The van der Waals surface area contributed by atoms with Gasteiger partial charge < -0.3 is 35.6 Å². The molecular weight excluding hydrogens is 662 g/mol. The van der Waals surface area contributed by atoms with Crippen molar-refractivity contribution >= 4 is 31.9 Å². The maximum Gasteiger partial charge on any atom is 0.133 e. The van der Waals surface area contributed by atoms with E-state index in [1.54, 1.807) is 6.20 Å². The summed E-state index contributed by atoms with van der Waals surface area (Å²) >= 11 is 7.23. The second kappa shape index (κ2) is 20.3. The van der Waals surface area contributed by atoms with E-state index in [1.807, 2.05) is 46.5 Å². The number of nitrogens with one attached hydrogen (secondary N) is 3. The van der Waals surface area contributed by atoms with Gasteiger partial charge >= 0.3 is 0 Å². The SMILES string of the molecule is CN(C)CCOc1ccc(CCN/C=C(/CCC/C(=C/N)NCCc2ccc(OCCN(C)C)c(Br)c2)N=N)cc1Br. The first kappa shape index (κ1) is 35.6. The Labute approximate surface area is 268 Å². The van der Waals surface area contributed by atoms with E-state index in [0.717, 1.165) is 83.7 Å². The molecule has 0 spiro atoms. The molecule has 2 aromatic carbocycles. The van der Waals surface area contributed by atoms with Gasteiger partial charge in [-0.25, -0.2) is 5.53 Å². The van der Waals surface area contributed by atoms with Gasteiger partial charge in [0.1, 0.15) is 24.7 Å². The van der Waals surface area contributed by atoms with Gasteiger partial charge in [-0.05, 0) is 128 Å². The number of ether oxygens (including phenoxy) is 2. The van der Waals surface area contributed by atoms with Gasteiger partial charge in [0, 0.05) is 44.3 Å². The molecule has 0 atom stereocenters. The maximum absolute atomic E-state index is 7.54. The second-order valence-electron chi connectivity index (χ2n) is 10.5. The van der Waals surface area contributed by atoms with Crippen molar-refractivity contribution in [1.82, 2.24) is 20.4 Å². The third-order valence-electron chi connectivity index (χ3n) is 6.40. The predicted octanol–water partition coefficient (Wildman–Crippen LogP) is 5.90. The Morgan fingerprint density at radius 3 is 1.90 bits per heavy atom. The summed E-state index contributed by atoms with van der Waals surface area (Å²) in [6, 6.07) is 12.4. The molecule has 2 aromatic rings. The van der Waals surface area contributed by atoms with Crippen LogP contribution in [0.4, 0.5) is 0 Å². The predicted molar refractivity (Wildman–Crippen MR) is 179 cm³/mol. The minimum atomic E-state index is 0.649. The Bertz CT molecular complexity index is 1160. The minimum Gasteiger partial charge on any atom is -0.491 e. The molecule has 0 aliphatic heterocycles. The smallest absolute Gasteiger partial charge is 0.133 e. The molecule has 0 fully saturated rings. The van der Waals surface area contributed by atoms with Crippen molar-refractivity contribution in [2.45, 2.75) is 32.1 Å². The van der Waals surface area contributed by atoms with Gasteiger partial charge in [0.2, 0.25) is 0 Å². The van der Waals surface area contributed by atoms with Gasteiger partial charge in [0.05, 0.1) is 14.6 Å². The summed E-state index contributed by atoms with van der Waals surface area (Å²) in [6.45, 7) is 4.57. The fourth-order valence-electron chi connectivity index (χ4n) is 3.93. The van der Waals surface area contributed by atoms with Crippen LogP contribution >= 0.6 is 31.9 Å². The summed E-state index contributed by atoms with van der Waals surface area (Å²) in [5.41, 5.74) is 17.5. The largest absolute Gasteiger partial charge is 0.491 e. The van der Waals surface area contributed by atoms with E-state index in [-0.39, 0.29) is 0 Å². The van der Waals surface area contributed by atoms with E-state index in [1.165, 1.54) is 11.1 Å². The lowest BCUT2D eigenvalue weighted by Gasteiger charge is -2.14. The monoisotopic (exact) mass is 707 g/mol. The van der Waals surface area contributed by atoms with Crippen LogP contribution in [0.15, 0.2) is 74.3 Å². The summed E-state index contributed by atoms with van der Waals surface area (Å²) in [7, 11) is 8.12. The molecule has 0 aliphatic rings. The zero-order valence-electron chi connectivity index (χ0n) is 25.4. The van der Waals surface area contributed by atoms with E-state index >= 15 is 0 Å². The van der Waals surface area contributed by atoms with Gasteiger partial charge in [0.25, 0.3) is 0 Å². The molecule has 232 valence electrons. The molecule has 0 saturated heterocycles. The summed E-state index contributed by atoms with van der Waals surface area (Å²) in [4.78, 5) is 4.19. The maximum atomic E-state index is 7.54. The number of rotatable bonds is 21. The molecule has 0 heterocycles. The number of nitrogens with two attached hydrogens (primary N) is 1. The van der Waals surface area contributed by atoms with Crippen molar-refractivity contribution < 1.29 is 9.47 Å². The number of nitrogens with zero attached hydrogens (tertiary/aromatic N) is 3. The summed E-state index contributed by atoms with van der Waals surface area (Å²) < 4.78 is 13.6. The molecule has 5 N–H and O–H groups in total. The highest BCUT2D eigenvalue weighted by molar-refractivity contribution is 9.10. The van der Waals surface area contributed by atoms with Crippen LogP contribution in [0.5, 0.6) is 11.5 Å². The molecule has 0 amide bonds.